The van der Waals surface area contributed by atoms with Gasteiger partial charge < -0.3 is 10.1 Å². The molecule has 0 spiro atoms. The first-order valence-electron chi connectivity index (χ1n) is 5.73. The Bertz CT molecular complexity index is 450. The van der Waals surface area contributed by atoms with Crippen LogP contribution >= 0.6 is 11.6 Å². The van der Waals surface area contributed by atoms with E-state index in [2.05, 4.69) is 5.32 Å². The third-order valence-corrected chi connectivity index (χ3v) is 2.80. The maximum atomic E-state index is 11.7. The number of carbonyl (C=O) groups is 1. The van der Waals surface area contributed by atoms with Crippen molar-refractivity contribution in [2.75, 3.05) is 11.9 Å². The fraction of sp³-hybridized carbons (Fsp3) is 0.417. The lowest BCUT2D eigenvalue weighted by Crippen LogP contribution is -2.43. The maximum Gasteiger partial charge on any atom is 0.337 e. The van der Waals surface area contributed by atoms with E-state index in [4.69, 9.17) is 16.3 Å². The molecule has 1 aromatic rings. The first-order valence-corrected chi connectivity index (χ1v) is 6.16. The fourth-order valence-electron chi connectivity index (χ4n) is 1.42. The van der Waals surface area contributed by atoms with Crippen LogP contribution in [0.1, 0.15) is 12.5 Å². The van der Waals surface area contributed by atoms with Gasteiger partial charge >= 0.3 is 11.5 Å². The molecular weight excluding hydrogens is 272 g/mol. The minimum atomic E-state index is -1.60. The van der Waals surface area contributed by atoms with Gasteiger partial charge in [-0.1, -0.05) is 17.7 Å². The summed E-state index contributed by atoms with van der Waals surface area (Å²) in [5.74, 6) is -0.750. The zero-order valence-electron chi connectivity index (χ0n) is 10.6. The minimum absolute atomic E-state index is 0.131. The summed E-state index contributed by atoms with van der Waals surface area (Å²) >= 11 is 5.63. The molecule has 1 rings (SSSR count). The predicted octanol–water partition coefficient (Wildman–Crippen LogP) is 2.18. The summed E-state index contributed by atoms with van der Waals surface area (Å²) in [4.78, 5) is 21.7. The summed E-state index contributed by atoms with van der Waals surface area (Å²) in [5, 5.41) is 13.4. The van der Waals surface area contributed by atoms with Crippen molar-refractivity contribution in [1.82, 2.24) is 0 Å². The van der Waals surface area contributed by atoms with E-state index >= 15 is 0 Å². The second kappa shape index (κ2) is 6.94. The average Bonchev–Trinajstić information content (AvgIpc) is 2.37. The second-order valence-electron chi connectivity index (χ2n) is 3.90. The molecule has 2 unspecified atom stereocenters. The van der Waals surface area contributed by atoms with Gasteiger partial charge in [-0.15, -0.1) is 0 Å². The number of ether oxygens (including phenoxy) is 1. The van der Waals surface area contributed by atoms with Gasteiger partial charge in [0.15, 0.2) is 0 Å². The van der Waals surface area contributed by atoms with Crippen molar-refractivity contribution in [3.05, 3.63) is 39.9 Å². The number of nitro groups is 1. The molecule has 0 saturated carbocycles. The van der Waals surface area contributed by atoms with Gasteiger partial charge in [0.2, 0.25) is 6.04 Å². The van der Waals surface area contributed by atoms with Crippen molar-refractivity contribution < 1.29 is 14.5 Å². The van der Waals surface area contributed by atoms with Gasteiger partial charge in [0.25, 0.3) is 0 Å². The summed E-state index contributed by atoms with van der Waals surface area (Å²) in [6, 6.07) is 5.83. The first-order chi connectivity index (χ1) is 8.95. The molecule has 7 heteroatoms. The highest BCUT2D eigenvalue weighted by atomic mass is 35.5. The molecule has 0 aliphatic carbocycles. The first kappa shape index (κ1) is 15.2. The normalized spacial score (nSPS) is 13.4. The van der Waals surface area contributed by atoms with Crippen molar-refractivity contribution in [1.29, 1.82) is 0 Å². The Morgan fingerprint density at radius 3 is 2.53 bits per heavy atom. The van der Waals surface area contributed by atoms with Crippen molar-refractivity contribution in [2.45, 2.75) is 25.4 Å². The maximum absolute atomic E-state index is 11.7. The molecule has 0 heterocycles. The quantitative estimate of drug-likeness (QED) is 0.285. The summed E-state index contributed by atoms with van der Waals surface area (Å²) in [5.41, 5.74) is 0.00596. The molecule has 0 bridgehead atoms. The van der Waals surface area contributed by atoms with Crippen molar-refractivity contribution in [3.63, 3.8) is 0 Å². The summed E-state index contributed by atoms with van der Waals surface area (Å²) < 4.78 is 4.78. The van der Waals surface area contributed by atoms with Crippen LogP contribution in [0.2, 0.25) is 0 Å². The number of anilines is 1. The Labute approximate surface area is 115 Å². The van der Waals surface area contributed by atoms with Crippen LogP contribution in [-0.2, 0) is 9.53 Å². The van der Waals surface area contributed by atoms with E-state index in [-0.39, 0.29) is 6.61 Å². The highest BCUT2D eigenvalue weighted by Gasteiger charge is 2.36. The van der Waals surface area contributed by atoms with E-state index in [1.165, 1.54) is 0 Å². The zero-order chi connectivity index (χ0) is 14.4. The number of aryl methyl sites for hydroxylation is 1. The smallest absolute Gasteiger partial charge is 0.337 e. The number of nitrogens with zero attached hydrogens (tertiary/aromatic N) is 1. The van der Waals surface area contributed by atoms with Gasteiger partial charge in [-0.2, -0.15) is 0 Å². The number of hydrogen-bond acceptors (Lipinski definition) is 5. The molecule has 0 aliphatic heterocycles. The number of nitrogens with one attached hydrogen (secondary N) is 1. The molecule has 19 heavy (non-hydrogen) atoms. The lowest BCUT2D eigenvalue weighted by Gasteiger charge is -2.18. The number of alkyl halides is 1. The van der Waals surface area contributed by atoms with E-state index in [1.54, 1.807) is 19.1 Å². The van der Waals surface area contributed by atoms with Crippen LogP contribution < -0.4 is 5.32 Å². The molecule has 0 saturated heterocycles. The van der Waals surface area contributed by atoms with E-state index in [0.29, 0.717) is 5.69 Å². The topological polar surface area (TPSA) is 81.5 Å². The van der Waals surface area contributed by atoms with Crippen LogP contribution in [0.15, 0.2) is 24.3 Å². The molecule has 1 N–H and O–H groups in total. The largest absolute Gasteiger partial charge is 0.464 e. The van der Waals surface area contributed by atoms with Gasteiger partial charge in [0.05, 0.1) is 6.61 Å². The third-order valence-electron chi connectivity index (χ3n) is 2.39. The Kier molecular flexibility index (Phi) is 5.57. The molecule has 0 fully saturated rings. The van der Waals surface area contributed by atoms with Crippen LogP contribution in [-0.4, -0.2) is 29.0 Å². The highest BCUT2D eigenvalue weighted by molar-refractivity contribution is 6.21. The summed E-state index contributed by atoms with van der Waals surface area (Å²) in [6.07, 6.45) is 0. The predicted molar refractivity (Wildman–Crippen MR) is 71.9 cm³/mol. The van der Waals surface area contributed by atoms with Crippen LogP contribution in [0.3, 0.4) is 0 Å². The molecule has 6 nitrogen and oxygen atoms in total. The number of carbonyl (C=O) groups excluding carboxylic acids is 1. The number of esters is 1. The van der Waals surface area contributed by atoms with Crippen LogP contribution in [0.25, 0.3) is 0 Å². The molecular formula is C12H15ClN2O4. The van der Waals surface area contributed by atoms with E-state index < -0.39 is 22.4 Å². The Morgan fingerprint density at radius 2 is 2.05 bits per heavy atom. The lowest BCUT2D eigenvalue weighted by atomic mass is 10.2. The van der Waals surface area contributed by atoms with Gasteiger partial charge in [-0.3, -0.25) is 10.1 Å². The molecule has 1 aromatic carbocycles. The second-order valence-corrected chi connectivity index (χ2v) is 4.35. The molecule has 2 atom stereocenters. The van der Waals surface area contributed by atoms with Crippen molar-refractivity contribution in [2.24, 2.45) is 0 Å². The highest BCUT2D eigenvalue weighted by Crippen LogP contribution is 2.15. The molecule has 0 aliphatic rings. The molecule has 0 aromatic heterocycles. The number of rotatable bonds is 6. The summed E-state index contributed by atoms with van der Waals surface area (Å²) in [7, 11) is 0. The van der Waals surface area contributed by atoms with Crippen LogP contribution in [0, 0.1) is 17.0 Å². The Balaban J connectivity index is 2.87. The van der Waals surface area contributed by atoms with E-state index in [0.717, 1.165) is 5.56 Å². The van der Waals surface area contributed by atoms with Gasteiger partial charge in [0.1, 0.15) is 0 Å². The average molecular weight is 287 g/mol. The Morgan fingerprint density at radius 1 is 1.47 bits per heavy atom. The van der Waals surface area contributed by atoms with Gasteiger partial charge in [0, 0.05) is 10.6 Å². The third kappa shape index (κ3) is 4.40. The molecule has 104 valence electrons. The standard InChI is InChI=1S/C12H15ClN2O4/c1-3-19-12(16)10(11(13)15(17)18)14-9-6-4-8(2)5-7-9/h4-7,10-11,14H,3H2,1-2H3. The zero-order valence-corrected chi connectivity index (χ0v) is 11.4. The van der Waals surface area contributed by atoms with Gasteiger partial charge in [-0.05, 0) is 37.6 Å². The van der Waals surface area contributed by atoms with Gasteiger partial charge in [-0.25, -0.2) is 4.79 Å². The number of hydrogen-bond donors (Lipinski definition) is 1. The Hall–Kier alpha value is -1.82. The molecule has 0 amide bonds. The minimum Gasteiger partial charge on any atom is -0.464 e. The number of halogens is 1. The van der Waals surface area contributed by atoms with E-state index in [9.17, 15) is 14.9 Å². The fourth-order valence-corrected chi connectivity index (χ4v) is 1.59. The SMILES string of the molecule is CCOC(=O)C(Nc1ccc(C)cc1)C(Cl)[N+](=O)[O-]. The van der Waals surface area contributed by atoms with Crippen LogP contribution in [0.4, 0.5) is 5.69 Å². The van der Waals surface area contributed by atoms with Crippen molar-refractivity contribution >= 4 is 23.3 Å². The lowest BCUT2D eigenvalue weighted by molar-refractivity contribution is -0.498. The number of benzene rings is 1. The van der Waals surface area contributed by atoms with Crippen molar-refractivity contribution in [3.8, 4) is 0 Å². The van der Waals surface area contributed by atoms with E-state index in [1.807, 2.05) is 19.1 Å². The van der Waals surface area contributed by atoms with Crippen LogP contribution in [0.5, 0.6) is 0 Å². The monoisotopic (exact) mass is 286 g/mol. The summed E-state index contributed by atoms with van der Waals surface area (Å²) in [6.45, 7) is 3.66. The molecule has 0 radical (unpaired) electrons.